The molecule has 3 rings (SSSR count). The topological polar surface area (TPSA) is 84.7 Å². The fraction of sp³-hybridized carbons (Fsp3) is 0.391. The summed E-state index contributed by atoms with van der Waals surface area (Å²) in [4.78, 5) is 26.6. The van der Waals surface area contributed by atoms with Gasteiger partial charge >= 0.3 is 0 Å². The Morgan fingerprint density at radius 3 is 2.60 bits per heavy atom. The molecule has 1 aliphatic rings. The van der Waals surface area contributed by atoms with E-state index >= 15 is 0 Å². The van der Waals surface area contributed by atoms with E-state index in [9.17, 15) is 9.59 Å². The number of para-hydroxylation sites is 1. The van der Waals surface area contributed by atoms with Gasteiger partial charge in [0.1, 0.15) is 5.75 Å². The number of halogens is 1. The maximum atomic E-state index is 12.7. The fourth-order valence-electron chi connectivity index (χ4n) is 3.59. The Morgan fingerprint density at radius 2 is 1.83 bits per heavy atom. The molecule has 2 aromatic carbocycles. The minimum atomic E-state index is -0.176. The van der Waals surface area contributed by atoms with E-state index in [0.717, 1.165) is 30.6 Å². The molecule has 7 heteroatoms. The molecule has 3 N–H and O–H groups in total. The number of hydrogen-bond acceptors (Lipinski definition) is 4. The third-order valence-corrected chi connectivity index (χ3v) is 5.15. The SMILES string of the molecule is Cl.NCCNC(=O)C1CCCN(C(=O)COc2ccccc2Cc2ccccc2)C1. The number of hydrogen-bond donors (Lipinski definition) is 2. The van der Waals surface area contributed by atoms with E-state index in [-0.39, 0.29) is 36.7 Å². The van der Waals surface area contributed by atoms with Gasteiger partial charge in [-0.2, -0.15) is 0 Å². The quantitative estimate of drug-likeness (QED) is 0.672. The first-order valence-electron chi connectivity index (χ1n) is 10.2. The number of nitrogens with two attached hydrogens (primary N) is 1. The van der Waals surface area contributed by atoms with Crippen LogP contribution >= 0.6 is 12.4 Å². The van der Waals surface area contributed by atoms with E-state index in [1.165, 1.54) is 5.56 Å². The zero-order valence-corrected chi connectivity index (χ0v) is 17.9. The molecule has 0 spiro atoms. The predicted octanol–water partition coefficient (Wildman–Crippen LogP) is 2.39. The van der Waals surface area contributed by atoms with Crippen molar-refractivity contribution in [1.82, 2.24) is 10.2 Å². The van der Waals surface area contributed by atoms with Crippen molar-refractivity contribution in [2.24, 2.45) is 11.7 Å². The van der Waals surface area contributed by atoms with Crippen molar-refractivity contribution in [3.63, 3.8) is 0 Å². The van der Waals surface area contributed by atoms with Crippen LogP contribution in [0, 0.1) is 5.92 Å². The molecule has 1 aliphatic heterocycles. The number of amides is 2. The van der Waals surface area contributed by atoms with Crippen LogP contribution in [-0.4, -0.2) is 49.5 Å². The Balaban J connectivity index is 0.00000320. The smallest absolute Gasteiger partial charge is 0.260 e. The number of benzene rings is 2. The van der Waals surface area contributed by atoms with Crippen molar-refractivity contribution < 1.29 is 14.3 Å². The first-order chi connectivity index (χ1) is 14.2. The minimum absolute atomic E-state index is 0. The molecular formula is C23H30ClN3O3. The summed E-state index contributed by atoms with van der Waals surface area (Å²) < 4.78 is 5.88. The zero-order chi connectivity index (χ0) is 20.5. The molecule has 1 saturated heterocycles. The van der Waals surface area contributed by atoms with E-state index in [1.54, 1.807) is 4.90 Å². The van der Waals surface area contributed by atoms with Gasteiger partial charge in [0.25, 0.3) is 5.91 Å². The molecule has 1 atom stereocenters. The standard InChI is InChI=1S/C23H29N3O3.ClH/c24-12-13-25-23(28)20-10-6-14-26(16-20)22(27)17-29-21-11-5-4-9-19(21)15-18-7-2-1-3-8-18;/h1-5,7-9,11,20H,6,10,12-17,24H2,(H,25,28);1H. The summed E-state index contributed by atoms with van der Waals surface area (Å²) in [5, 5.41) is 2.82. The second kappa shape index (κ2) is 12.2. The van der Waals surface area contributed by atoms with Gasteiger partial charge in [0.2, 0.25) is 5.91 Å². The number of carbonyl (C=O) groups excluding carboxylic acids is 2. The van der Waals surface area contributed by atoms with Gasteiger partial charge in [-0.25, -0.2) is 0 Å². The Bertz CT molecular complexity index is 816. The average molecular weight is 432 g/mol. The number of ether oxygens (including phenoxy) is 1. The number of carbonyl (C=O) groups is 2. The molecule has 0 saturated carbocycles. The van der Waals surface area contributed by atoms with Crippen LogP contribution in [0.25, 0.3) is 0 Å². The molecule has 0 aliphatic carbocycles. The summed E-state index contributed by atoms with van der Waals surface area (Å²) in [5.74, 6) is 0.432. The largest absolute Gasteiger partial charge is 0.483 e. The lowest BCUT2D eigenvalue weighted by Gasteiger charge is -2.32. The number of rotatable bonds is 8. The van der Waals surface area contributed by atoms with Crippen LogP contribution in [0.2, 0.25) is 0 Å². The summed E-state index contributed by atoms with van der Waals surface area (Å²) in [6.07, 6.45) is 2.36. The van der Waals surface area contributed by atoms with Gasteiger partial charge in [0, 0.05) is 32.6 Å². The Morgan fingerprint density at radius 1 is 1.10 bits per heavy atom. The predicted molar refractivity (Wildman–Crippen MR) is 120 cm³/mol. The summed E-state index contributed by atoms with van der Waals surface area (Å²) >= 11 is 0. The van der Waals surface area contributed by atoms with Gasteiger partial charge in [-0.15, -0.1) is 12.4 Å². The first kappa shape index (κ1) is 23.7. The fourth-order valence-corrected chi connectivity index (χ4v) is 3.59. The molecule has 0 aromatic heterocycles. The molecule has 30 heavy (non-hydrogen) atoms. The number of nitrogens with one attached hydrogen (secondary N) is 1. The normalized spacial score (nSPS) is 15.8. The van der Waals surface area contributed by atoms with E-state index < -0.39 is 0 Å². The highest BCUT2D eigenvalue weighted by molar-refractivity contribution is 5.85. The molecule has 1 heterocycles. The number of likely N-dealkylation sites (tertiary alicyclic amines) is 1. The summed E-state index contributed by atoms with van der Waals surface area (Å²) in [6.45, 7) is 1.95. The highest BCUT2D eigenvalue weighted by Gasteiger charge is 2.28. The lowest BCUT2D eigenvalue weighted by molar-refractivity contribution is -0.137. The van der Waals surface area contributed by atoms with Gasteiger partial charge in [-0.1, -0.05) is 48.5 Å². The van der Waals surface area contributed by atoms with Crippen LogP contribution in [0.3, 0.4) is 0 Å². The Kier molecular flexibility index (Phi) is 9.64. The summed E-state index contributed by atoms with van der Waals surface area (Å²) in [6, 6.07) is 18.0. The first-order valence-corrected chi connectivity index (χ1v) is 10.2. The third-order valence-electron chi connectivity index (χ3n) is 5.15. The average Bonchev–Trinajstić information content (AvgIpc) is 2.77. The van der Waals surface area contributed by atoms with Crippen molar-refractivity contribution in [1.29, 1.82) is 0 Å². The molecule has 1 fully saturated rings. The molecule has 162 valence electrons. The molecule has 2 amide bonds. The number of nitrogens with zero attached hydrogens (tertiary/aromatic N) is 1. The molecule has 0 bridgehead atoms. The van der Waals surface area contributed by atoms with E-state index in [1.807, 2.05) is 42.5 Å². The Hall–Kier alpha value is -2.57. The van der Waals surface area contributed by atoms with Crippen LogP contribution in [0.4, 0.5) is 0 Å². The molecule has 0 radical (unpaired) electrons. The van der Waals surface area contributed by atoms with Crippen LogP contribution in [0.15, 0.2) is 54.6 Å². The van der Waals surface area contributed by atoms with E-state index in [2.05, 4.69) is 17.4 Å². The van der Waals surface area contributed by atoms with Gasteiger partial charge in [-0.05, 0) is 30.0 Å². The van der Waals surface area contributed by atoms with E-state index in [4.69, 9.17) is 10.5 Å². The maximum Gasteiger partial charge on any atom is 0.260 e. The highest BCUT2D eigenvalue weighted by atomic mass is 35.5. The van der Waals surface area contributed by atoms with Crippen molar-refractivity contribution in [2.75, 3.05) is 32.8 Å². The lowest BCUT2D eigenvalue weighted by Crippen LogP contribution is -2.47. The summed E-state index contributed by atoms with van der Waals surface area (Å²) in [5.41, 5.74) is 7.68. The van der Waals surface area contributed by atoms with Crippen LogP contribution in [-0.2, 0) is 16.0 Å². The highest BCUT2D eigenvalue weighted by Crippen LogP contribution is 2.22. The summed E-state index contributed by atoms with van der Waals surface area (Å²) in [7, 11) is 0. The maximum absolute atomic E-state index is 12.7. The second-order valence-electron chi connectivity index (χ2n) is 7.32. The third kappa shape index (κ3) is 6.75. The van der Waals surface area contributed by atoms with Crippen LogP contribution in [0.5, 0.6) is 5.75 Å². The van der Waals surface area contributed by atoms with Crippen molar-refractivity contribution in [2.45, 2.75) is 19.3 Å². The Labute approximate surface area is 184 Å². The van der Waals surface area contributed by atoms with Crippen molar-refractivity contribution in [3.8, 4) is 5.75 Å². The molecular weight excluding hydrogens is 402 g/mol. The van der Waals surface area contributed by atoms with Crippen LogP contribution < -0.4 is 15.8 Å². The molecule has 1 unspecified atom stereocenters. The van der Waals surface area contributed by atoms with Gasteiger partial charge in [-0.3, -0.25) is 9.59 Å². The minimum Gasteiger partial charge on any atom is -0.483 e. The number of piperidine rings is 1. The van der Waals surface area contributed by atoms with Crippen LogP contribution in [0.1, 0.15) is 24.0 Å². The van der Waals surface area contributed by atoms with Crippen molar-refractivity contribution in [3.05, 3.63) is 65.7 Å². The lowest BCUT2D eigenvalue weighted by atomic mass is 9.97. The second-order valence-corrected chi connectivity index (χ2v) is 7.32. The zero-order valence-electron chi connectivity index (χ0n) is 17.1. The van der Waals surface area contributed by atoms with Crippen molar-refractivity contribution >= 4 is 24.2 Å². The van der Waals surface area contributed by atoms with Gasteiger partial charge < -0.3 is 20.7 Å². The molecule has 2 aromatic rings. The molecule has 6 nitrogen and oxygen atoms in total. The van der Waals surface area contributed by atoms with Gasteiger partial charge in [0.05, 0.1) is 5.92 Å². The monoisotopic (exact) mass is 431 g/mol. The van der Waals surface area contributed by atoms with E-state index in [0.29, 0.717) is 26.2 Å². The van der Waals surface area contributed by atoms with Gasteiger partial charge in [0.15, 0.2) is 6.61 Å².